The van der Waals surface area contributed by atoms with Crippen LogP contribution >= 0.6 is 16.8 Å². The van der Waals surface area contributed by atoms with E-state index in [-0.39, 0.29) is 43.3 Å². The standard InChI is InChI=1S/C63H86O6P2/c1-37-27-26-28-50-51(37)65-70(64-50)66-52-42(29-38(56(2,3)4)33-46(52)60(14,15)16)43-30-39(57(5,6)7)34-47(61(17,18)19)53(43)67-71-68-54-44(31-40(58(8,9)10)35-48(54)62(20,21)22)45-32-41(59(11,12)13)36-49(55(45)69-71)63(23,24)25/h26-36H,1-25H3. The van der Waals surface area contributed by atoms with Crippen LogP contribution in [0.5, 0.6) is 23.0 Å². The molecule has 71 heavy (non-hydrogen) atoms. The molecular formula is C63H86O6P2. The molecule has 0 amide bonds. The summed E-state index contributed by atoms with van der Waals surface area (Å²) in [5, 5.41) is 2.06. The van der Waals surface area contributed by atoms with E-state index in [9.17, 15) is 0 Å². The quantitative estimate of drug-likeness (QED) is 0.160. The van der Waals surface area contributed by atoms with Crippen molar-refractivity contribution in [1.82, 2.24) is 0 Å². The van der Waals surface area contributed by atoms with Gasteiger partial charge in [-0.3, -0.25) is 0 Å². The molecule has 1 atom stereocenters. The van der Waals surface area contributed by atoms with Crippen LogP contribution in [-0.2, 0) is 43.3 Å². The van der Waals surface area contributed by atoms with E-state index in [1.54, 1.807) is 0 Å². The van der Waals surface area contributed by atoms with Crippen LogP contribution in [0.4, 0.5) is 0 Å². The van der Waals surface area contributed by atoms with Gasteiger partial charge in [-0.05, 0) is 108 Å². The van der Waals surface area contributed by atoms with E-state index in [1.807, 2.05) is 25.1 Å². The Labute approximate surface area is 430 Å². The molecule has 0 bridgehead atoms. The minimum atomic E-state index is -2.16. The SMILES string of the molecule is Cc1cccc2c1OP(Oc1c(-c3cc(C(C)(C)C)cc(C(C)(C)C)c3Op3oc4c(C(C)(C)C)cc(C(C)(C)C)cc4c4cc(C(C)(C)C)cc(C(C)(C)C)c4o3)cc(C(C)(C)C)cc1C(C)(C)C)O2. The maximum atomic E-state index is 7.74. The van der Waals surface area contributed by atoms with Crippen molar-refractivity contribution in [2.75, 3.05) is 0 Å². The number of hydrogen-bond acceptors (Lipinski definition) is 6. The van der Waals surface area contributed by atoms with Crippen LogP contribution in [-0.4, -0.2) is 0 Å². The first kappa shape index (κ1) is 54.4. The molecule has 1 aromatic heterocycles. The molecule has 0 spiro atoms. The number of para-hydroxylation sites is 1. The van der Waals surface area contributed by atoms with Crippen LogP contribution in [0.15, 0.2) is 75.1 Å². The fraction of sp³-hybridized carbons (Fsp3) is 0.524. The second kappa shape index (κ2) is 17.9. The maximum absolute atomic E-state index is 7.74. The van der Waals surface area contributed by atoms with Crippen LogP contribution in [0.25, 0.3) is 33.1 Å². The van der Waals surface area contributed by atoms with Crippen LogP contribution < -0.4 is 18.1 Å². The van der Waals surface area contributed by atoms with Crippen molar-refractivity contribution in [3.8, 4) is 34.1 Å². The van der Waals surface area contributed by atoms with Gasteiger partial charge < -0.3 is 26.5 Å². The lowest BCUT2D eigenvalue weighted by Gasteiger charge is -2.32. The predicted molar refractivity (Wildman–Crippen MR) is 304 cm³/mol. The van der Waals surface area contributed by atoms with E-state index in [0.29, 0.717) is 17.2 Å². The van der Waals surface area contributed by atoms with Crippen molar-refractivity contribution >= 4 is 38.8 Å². The van der Waals surface area contributed by atoms with E-state index >= 15 is 0 Å². The third-order valence-electron chi connectivity index (χ3n) is 13.8. The Hall–Kier alpha value is -4.37. The number of fused-ring (bicyclic) bond motifs is 4. The van der Waals surface area contributed by atoms with E-state index in [4.69, 9.17) is 26.5 Å². The Balaban J connectivity index is 1.68. The predicted octanol–water partition coefficient (Wildman–Crippen LogP) is 20.6. The van der Waals surface area contributed by atoms with Gasteiger partial charge in [0.25, 0.3) is 0 Å². The van der Waals surface area contributed by atoms with Crippen molar-refractivity contribution in [1.29, 1.82) is 0 Å². The highest BCUT2D eigenvalue weighted by molar-refractivity contribution is 7.43. The highest BCUT2D eigenvalue weighted by Crippen LogP contribution is 2.59. The molecule has 1 aliphatic rings. The van der Waals surface area contributed by atoms with Crippen molar-refractivity contribution in [3.63, 3.8) is 0 Å². The molecule has 6 nitrogen and oxygen atoms in total. The van der Waals surface area contributed by atoms with Gasteiger partial charge in [0.2, 0.25) is 0 Å². The van der Waals surface area contributed by atoms with Gasteiger partial charge in [-0.2, -0.15) is 0 Å². The lowest BCUT2D eigenvalue weighted by molar-refractivity contribution is 0.424. The highest BCUT2D eigenvalue weighted by Gasteiger charge is 2.38. The third kappa shape index (κ3) is 11.3. The smallest absolute Gasteiger partial charge is 0.408 e. The third-order valence-corrected chi connectivity index (χ3v) is 15.8. The van der Waals surface area contributed by atoms with Crippen LogP contribution in [0, 0.1) is 6.92 Å². The summed E-state index contributed by atoms with van der Waals surface area (Å²) in [6, 6.07) is 24.7. The summed E-state index contributed by atoms with van der Waals surface area (Å²) in [7, 11) is -4.02. The summed E-state index contributed by atoms with van der Waals surface area (Å²) in [4.78, 5) is 0. The number of aryl methyl sites for hydroxylation is 1. The van der Waals surface area contributed by atoms with Crippen molar-refractivity contribution < 1.29 is 26.5 Å². The Morgan fingerprint density at radius 2 is 0.732 bits per heavy atom. The first-order chi connectivity index (χ1) is 32.1. The summed E-state index contributed by atoms with van der Waals surface area (Å²) in [6.45, 7) is 56.6. The second-order valence-electron chi connectivity index (χ2n) is 28.5. The van der Waals surface area contributed by atoms with Gasteiger partial charge in [0.1, 0.15) is 22.7 Å². The van der Waals surface area contributed by atoms with Gasteiger partial charge in [0.15, 0.2) is 11.5 Å². The van der Waals surface area contributed by atoms with Gasteiger partial charge in [0, 0.05) is 44.2 Å². The summed E-state index contributed by atoms with van der Waals surface area (Å²) in [6.07, 6.45) is 0. The highest BCUT2D eigenvalue weighted by atomic mass is 31.2. The van der Waals surface area contributed by atoms with Crippen molar-refractivity contribution in [2.24, 2.45) is 0 Å². The molecule has 2 heterocycles. The van der Waals surface area contributed by atoms with Gasteiger partial charge in [0.05, 0.1) is 0 Å². The lowest BCUT2D eigenvalue weighted by atomic mass is 9.75. The summed E-state index contributed by atoms with van der Waals surface area (Å²) in [5.41, 5.74) is 11.6. The van der Waals surface area contributed by atoms with Crippen molar-refractivity contribution in [3.05, 3.63) is 117 Å². The summed E-state index contributed by atoms with van der Waals surface area (Å²) in [5.74, 6) is 2.81. The molecule has 0 fully saturated rings. The molecule has 7 rings (SSSR count). The molecule has 6 aromatic rings. The molecule has 0 radical (unpaired) electrons. The molecule has 0 saturated heterocycles. The minimum absolute atomic E-state index is 0.131. The number of benzene rings is 5. The zero-order valence-electron chi connectivity index (χ0n) is 48.2. The largest absolute Gasteiger partial charge is 0.530 e. The molecule has 1 aliphatic heterocycles. The van der Waals surface area contributed by atoms with Crippen LogP contribution in [0.1, 0.15) is 216 Å². The lowest BCUT2D eigenvalue weighted by Crippen LogP contribution is -2.20. The van der Waals surface area contributed by atoms with Gasteiger partial charge in [-0.25, -0.2) is 0 Å². The monoisotopic (exact) mass is 1000 g/mol. The van der Waals surface area contributed by atoms with Gasteiger partial charge in [-0.15, -0.1) is 0 Å². The fourth-order valence-electron chi connectivity index (χ4n) is 9.05. The second-order valence-corrected chi connectivity index (χ2v) is 30.5. The molecule has 384 valence electrons. The van der Waals surface area contributed by atoms with E-state index < -0.39 is 16.8 Å². The number of hydrogen-bond donors (Lipinski definition) is 0. The van der Waals surface area contributed by atoms with E-state index in [0.717, 1.165) is 66.6 Å². The van der Waals surface area contributed by atoms with Crippen LogP contribution in [0.3, 0.4) is 0 Å². The molecule has 8 heteroatoms. The molecular weight excluding hydrogens is 915 g/mol. The normalized spacial score (nSPS) is 15.2. The minimum Gasteiger partial charge on any atom is -0.408 e. The topological polar surface area (TPSA) is 63.2 Å². The average molecular weight is 1000 g/mol. The Bertz CT molecular complexity index is 2960. The average Bonchev–Trinajstić information content (AvgIpc) is 3.54. The molecule has 0 aliphatic carbocycles. The summed E-state index contributed by atoms with van der Waals surface area (Å²) < 4.78 is 43.1. The first-order valence-corrected chi connectivity index (χ1v) is 27.9. The zero-order chi connectivity index (χ0) is 53.1. The Kier molecular flexibility index (Phi) is 13.7. The van der Waals surface area contributed by atoms with Crippen LogP contribution in [0.2, 0.25) is 0 Å². The van der Waals surface area contributed by atoms with E-state index in [1.165, 1.54) is 22.3 Å². The zero-order valence-corrected chi connectivity index (χ0v) is 50.0. The fourth-order valence-corrected chi connectivity index (χ4v) is 11.3. The van der Waals surface area contributed by atoms with Gasteiger partial charge >= 0.3 is 16.8 Å². The summed E-state index contributed by atoms with van der Waals surface area (Å²) >= 11 is 0. The first-order valence-electron chi connectivity index (χ1n) is 25.7. The number of rotatable bonds is 5. The van der Waals surface area contributed by atoms with E-state index in [2.05, 4.69) is 215 Å². The molecule has 0 saturated carbocycles. The molecule has 1 unspecified atom stereocenters. The van der Waals surface area contributed by atoms with Crippen molar-refractivity contribution in [2.45, 2.75) is 216 Å². The Morgan fingerprint density at radius 1 is 0.380 bits per heavy atom. The molecule has 0 N–H and O–H groups in total. The molecule has 5 aromatic carbocycles. The van der Waals surface area contributed by atoms with Gasteiger partial charge in [-0.1, -0.05) is 203 Å². The maximum Gasteiger partial charge on any atom is 0.530 e. The Morgan fingerprint density at radius 3 is 1.08 bits per heavy atom.